The van der Waals surface area contributed by atoms with Crippen LogP contribution >= 0.6 is 0 Å². The summed E-state index contributed by atoms with van der Waals surface area (Å²) in [6, 6.07) is -0.250. The van der Waals surface area contributed by atoms with Gasteiger partial charge in [0.2, 0.25) is 0 Å². The van der Waals surface area contributed by atoms with E-state index in [9.17, 15) is 4.39 Å². The van der Waals surface area contributed by atoms with E-state index < -0.39 is 6.17 Å². The molecule has 3 heteroatoms. The number of halogens is 1. The van der Waals surface area contributed by atoms with Crippen LogP contribution in [0.2, 0.25) is 0 Å². The van der Waals surface area contributed by atoms with Crippen molar-refractivity contribution in [2.75, 3.05) is 20.1 Å². The molecule has 1 aliphatic rings. The first kappa shape index (κ1) is 9.85. The van der Waals surface area contributed by atoms with Gasteiger partial charge in [-0.1, -0.05) is 13.8 Å². The van der Waals surface area contributed by atoms with Gasteiger partial charge in [-0.05, 0) is 7.05 Å². The molecule has 1 fully saturated rings. The number of nitrogens with two attached hydrogens (primary N) is 1. The molecule has 0 aromatic rings. The van der Waals surface area contributed by atoms with Crippen LogP contribution in [0.3, 0.4) is 0 Å². The first-order chi connectivity index (χ1) is 4.70. The molecule has 2 N–H and O–H groups in total. The van der Waals surface area contributed by atoms with Crippen LogP contribution in [0.15, 0.2) is 0 Å². The summed E-state index contributed by atoms with van der Waals surface area (Å²) in [5, 5.41) is 0. The second-order valence-electron chi connectivity index (χ2n) is 2.40. The molecule has 1 aliphatic heterocycles. The van der Waals surface area contributed by atoms with Crippen LogP contribution in [0.4, 0.5) is 4.39 Å². The molecule has 2 nitrogen and oxygen atoms in total. The van der Waals surface area contributed by atoms with Gasteiger partial charge in [0.1, 0.15) is 6.17 Å². The molecule has 1 rings (SSSR count). The van der Waals surface area contributed by atoms with Crippen molar-refractivity contribution in [3.63, 3.8) is 0 Å². The average molecular weight is 148 g/mol. The topological polar surface area (TPSA) is 29.3 Å². The third kappa shape index (κ3) is 2.62. The van der Waals surface area contributed by atoms with E-state index in [4.69, 9.17) is 5.73 Å². The molecule has 0 bridgehead atoms. The molecule has 0 spiro atoms. The summed E-state index contributed by atoms with van der Waals surface area (Å²) < 4.78 is 12.4. The van der Waals surface area contributed by atoms with Gasteiger partial charge in [0, 0.05) is 19.1 Å². The van der Waals surface area contributed by atoms with Gasteiger partial charge in [-0.25, -0.2) is 4.39 Å². The molecule has 10 heavy (non-hydrogen) atoms. The molecule has 2 unspecified atom stereocenters. The van der Waals surface area contributed by atoms with E-state index in [0.717, 1.165) is 0 Å². The van der Waals surface area contributed by atoms with Gasteiger partial charge in [0.15, 0.2) is 0 Å². The molecule has 62 valence electrons. The maximum Gasteiger partial charge on any atom is 0.129 e. The van der Waals surface area contributed by atoms with Gasteiger partial charge in [0.05, 0.1) is 0 Å². The molecule has 0 radical (unpaired) electrons. The minimum atomic E-state index is -0.806. The normalized spacial score (nSPS) is 33.3. The Morgan fingerprint density at radius 2 is 1.90 bits per heavy atom. The standard InChI is InChI=1S/C5H11FN2.C2H6/c1-8-2-4(6)5(7)3-8;1-2/h4-5H,2-3,7H2,1H3;1-2H3. The largest absolute Gasteiger partial charge is 0.324 e. The fourth-order valence-electron chi connectivity index (χ4n) is 0.982. The van der Waals surface area contributed by atoms with E-state index >= 15 is 0 Å². The molecule has 0 aliphatic carbocycles. The Morgan fingerprint density at radius 3 is 2.00 bits per heavy atom. The van der Waals surface area contributed by atoms with Gasteiger partial charge < -0.3 is 10.6 Å². The van der Waals surface area contributed by atoms with Crippen molar-refractivity contribution < 1.29 is 4.39 Å². The molecular weight excluding hydrogens is 131 g/mol. The first-order valence-electron chi connectivity index (χ1n) is 3.78. The highest BCUT2D eigenvalue weighted by Crippen LogP contribution is 2.07. The number of hydrogen-bond acceptors (Lipinski definition) is 2. The van der Waals surface area contributed by atoms with Crippen LogP contribution in [-0.4, -0.2) is 37.3 Å². The zero-order valence-electron chi connectivity index (χ0n) is 6.97. The Balaban J connectivity index is 0.000000371. The predicted molar refractivity (Wildman–Crippen MR) is 41.7 cm³/mol. The summed E-state index contributed by atoms with van der Waals surface area (Å²) >= 11 is 0. The van der Waals surface area contributed by atoms with Crippen molar-refractivity contribution in [1.29, 1.82) is 0 Å². The van der Waals surface area contributed by atoms with Crippen molar-refractivity contribution in [2.45, 2.75) is 26.1 Å². The average Bonchev–Trinajstić information content (AvgIpc) is 2.16. The predicted octanol–water partition coefficient (Wildman–Crippen LogP) is 0.623. The molecule has 1 heterocycles. The van der Waals surface area contributed by atoms with Gasteiger partial charge >= 0.3 is 0 Å². The summed E-state index contributed by atoms with van der Waals surface area (Å²) in [5.41, 5.74) is 5.35. The van der Waals surface area contributed by atoms with E-state index in [-0.39, 0.29) is 6.04 Å². The third-order valence-corrected chi connectivity index (χ3v) is 1.47. The van der Waals surface area contributed by atoms with Crippen LogP contribution in [0.25, 0.3) is 0 Å². The number of nitrogens with zero attached hydrogens (tertiary/aromatic N) is 1. The number of rotatable bonds is 0. The van der Waals surface area contributed by atoms with Crippen molar-refractivity contribution >= 4 is 0 Å². The van der Waals surface area contributed by atoms with E-state index in [2.05, 4.69) is 0 Å². The van der Waals surface area contributed by atoms with E-state index in [1.807, 2.05) is 25.8 Å². The quantitative estimate of drug-likeness (QED) is 0.545. The summed E-state index contributed by atoms with van der Waals surface area (Å²) in [5.74, 6) is 0. The lowest BCUT2D eigenvalue weighted by atomic mass is 10.3. The van der Waals surface area contributed by atoms with E-state index in [1.54, 1.807) is 0 Å². The summed E-state index contributed by atoms with van der Waals surface area (Å²) in [7, 11) is 1.87. The number of likely N-dealkylation sites (tertiary alicyclic amines) is 1. The third-order valence-electron chi connectivity index (χ3n) is 1.47. The second-order valence-corrected chi connectivity index (χ2v) is 2.40. The second kappa shape index (κ2) is 4.63. The van der Waals surface area contributed by atoms with Gasteiger partial charge in [0.25, 0.3) is 0 Å². The lowest BCUT2D eigenvalue weighted by Crippen LogP contribution is -2.29. The molecular formula is C7H17FN2. The van der Waals surface area contributed by atoms with Crippen molar-refractivity contribution in [2.24, 2.45) is 5.73 Å². The fourth-order valence-corrected chi connectivity index (χ4v) is 0.982. The monoisotopic (exact) mass is 148 g/mol. The van der Waals surface area contributed by atoms with Crippen LogP contribution in [0.5, 0.6) is 0 Å². The lowest BCUT2D eigenvalue weighted by molar-refractivity contribution is 0.309. The fraction of sp³-hybridized carbons (Fsp3) is 1.00. The lowest BCUT2D eigenvalue weighted by Gasteiger charge is -2.02. The van der Waals surface area contributed by atoms with Crippen LogP contribution in [0, 0.1) is 0 Å². The highest BCUT2D eigenvalue weighted by Gasteiger charge is 2.26. The molecule has 0 aromatic carbocycles. The van der Waals surface area contributed by atoms with Crippen LogP contribution < -0.4 is 5.73 Å². The Bertz CT molecular complexity index is 77.7. The van der Waals surface area contributed by atoms with Crippen LogP contribution in [-0.2, 0) is 0 Å². The highest BCUT2D eigenvalue weighted by molar-refractivity contribution is 4.84. The minimum Gasteiger partial charge on any atom is -0.324 e. The van der Waals surface area contributed by atoms with Gasteiger partial charge in [-0.2, -0.15) is 0 Å². The van der Waals surface area contributed by atoms with Crippen molar-refractivity contribution in [3.8, 4) is 0 Å². The van der Waals surface area contributed by atoms with E-state index in [1.165, 1.54) is 0 Å². The maximum absolute atomic E-state index is 12.4. The maximum atomic E-state index is 12.4. The Morgan fingerprint density at radius 1 is 1.40 bits per heavy atom. The molecule has 0 saturated carbocycles. The Labute approximate surface area is 62.2 Å². The van der Waals surface area contributed by atoms with Crippen LogP contribution in [0.1, 0.15) is 13.8 Å². The summed E-state index contributed by atoms with van der Waals surface area (Å²) in [4.78, 5) is 1.90. The number of hydrogen-bond donors (Lipinski definition) is 1. The minimum absolute atomic E-state index is 0.250. The van der Waals surface area contributed by atoms with Crippen molar-refractivity contribution in [1.82, 2.24) is 4.90 Å². The Kier molecular flexibility index (Phi) is 4.56. The molecule has 1 saturated heterocycles. The molecule has 0 aromatic heterocycles. The van der Waals surface area contributed by atoms with E-state index in [0.29, 0.717) is 13.1 Å². The SMILES string of the molecule is CC.CN1CC(N)C(F)C1. The Hall–Kier alpha value is -0.150. The molecule has 2 atom stereocenters. The van der Waals surface area contributed by atoms with Gasteiger partial charge in [-0.15, -0.1) is 0 Å². The smallest absolute Gasteiger partial charge is 0.129 e. The zero-order chi connectivity index (χ0) is 8.15. The highest BCUT2D eigenvalue weighted by atomic mass is 19.1. The first-order valence-corrected chi connectivity index (χ1v) is 3.78. The number of likely N-dealkylation sites (N-methyl/N-ethyl adjacent to an activating group) is 1. The zero-order valence-corrected chi connectivity index (χ0v) is 6.97. The van der Waals surface area contributed by atoms with Crippen molar-refractivity contribution in [3.05, 3.63) is 0 Å². The number of alkyl halides is 1. The van der Waals surface area contributed by atoms with Gasteiger partial charge in [-0.3, -0.25) is 0 Å². The molecule has 0 amide bonds. The summed E-state index contributed by atoms with van der Waals surface area (Å²) in [6.45, 7) is 5.20. The summed E-state index contributed by atoms with van der Waals surface area (Å²) in [6.07, 6.45) is -0.806.